The van der Waals surface area contributed by atoms with Crippen molar-refractivity contribution in [1.82, 2.24) is 10.3 Å². The van der Waals surface area contributed by atoms with Gasteiger partial charge in [-0.25, -0.2) is 9.59 Å². The SMILES string of the molecule is CCc1cccc(C)c1NC(=O)CNCc1ccccn1.O=C(O)C(=O)O. The van der Waals surface area contributed by atoms with Crippen molar-refractivity contribution in [2.24, 2.45) is 0 Å². The topological polar surface area (TPSA) is 129 Å². The monoisotopic (exact) mass is 373 g/mol. The van der Waals surface area contributed by atoms with Crippen molar-refractivity contribution < 1.29 is 24.6 Å². The summed E-state index contributed by atoms with van der Waals surface area (Å²) in [4.78, 5) is 34.4. The van der Waals surface area contributed by atoms with Crippen molar-refractivity contribution in [2.75, 3.05) is 11.9 Å². The minimum atomic E-state index is -1.82. The Balaban J connectivity index is 0.000000527. The second-order valence-electron chi connectivity index (χ2n) is 5.55. The summed E-state index contributed by atoms with van der Waals surface area (Å²) < 4.78 is 0. The van der Waals surface area contributed by atoms with E-state index in [0.717, 1.165) is 28.9 Å². The van der Waals surface area contributed by atoms with Gasteiger partial charge in [0.1, 0.15) is 0 Å². The normalized spacial score (nSPS) is 9.70. The molecule has 0 unspecified atom stereocenters. The summed E-state index contributed by atoms with van der Waals surface area (Å²) in [7, 11) is 0. The van der Waals surface area contributed by atoms with E-state index in [-0.39, 0.29) is 12.5 Å². The predicted octanol–water partition coefficient (Wildman–Crippen LogP) is 1.84. The molecule has 2 rings (SSSR count). The molecule has 1 aromatic heterocycles. The van der Waals surface area contributed by atoms with Crippen molar-refractivity contribution >= 4 is 23.5 Å². The lowest BCUT2D eigenvalue weighted by Gasteiger charge is -2.13. The number of para-hydroxylation sites is 1. The highest BCUT2D eigenvalue weighted by Crippen LogP contribution is 2.20. The molecule has 0 aliphatic heterocycles. The summed E-state index contributed by atoms with van der Waals surface area (Å²) in [5.41, 5.74) is 4.11. The fourth-order valence-electron chi connectivity index (χ4n) is 2.19. The highest BCUT2D eigenvalue weighted by atomic mass is 16.4. The van der Waals surface area contributed by atoms with Crippen LogP contribution in [0.4, 0.5) is 5.69 Å². The Morgan fingerprint density at radius 1 is 1.04 bits per heavy atom. The highest BCUT2D eigenvalue weighted by Gasteiger charge is 2.08. The quantitative estimate of drug-likeness (QED) is 0.569. The Hall–Kier alpha value is -3.26. The lowest BCUT2D eigenvalue weighted by atomic mass is 10.1. The van der Waals surface area contributed by atoms with Crippen LogP contribution in [0.25, 0.3) is 0 Å². The molecule has 1 amide bonds. The zero-order valence-electron chi connectivity index (χ0n) is 15.2. The molecule has 0 saturated heterocycles. The van der Waals surface area contributed by atoms with Crippen LogP contribution in [0.3, 0.4) is 0 Å². The second kappa shape index (κ2) is 11.4. The average Bonchev–Trinajstić information content (AvgIpc) is 2.64. The van der Waals surface area contributed by atoms with E-state index in [0.29, 0.717) is 6.54 Å². The molecule has 0 spiro atoms. The van der Waals surface area contributed by atoms with Crippen molar-refractivity contribution in [2.45, 2.75) is 26.8 Å². The van der Waals surface area contributed by atoms with Gasteiger partial charge in [-0.1, -0.05) is 31.2 Å². The molecule has 2 aromatic rings. The zero-order valence-corrected chi connectivity index (χ0v) is 15.2. The first-order valence-corrected chi connectivity index (χ1v) is 8.30. The molecule has 0 radical (unpaired) electrons. The molecule has 0 aliphatic carbocycles. The maximum atomic E-state index is 12.0. The Morgan fingerprint density at radius 2 is 1.74 bits per heavy atom. The number of carboxylic acids is 2. The van der Waals surface area contributed by atoms with Gasteiger partial charge in [-0.05, 0) is 36.6 Å². The van der Waals surface area contributed by atoms with E-state index in [1.54, 1.807) is 6.20 Å². The average molecular weight is 373 g/mol. The van der Waals surface area contributed by atoms with Crippen LogP contribution in [0.15, 0.2) is 42.6 Å². The molecule has 0 aliphatic rings. The first-order chi connectivity index (χ1) is 12.8. The van der Waals surface area contributed by atoms with Crippen LogP contribution >= 0.6 is 0 Å². The predicted molar refractivity (Wildman–Crippen MR) is 100 cm³/mol. The van der Waals surface area contributed by atoms with Gasteiger partial charge < -0.3 is 20.8 Å². The number of amides is 1. The Morgan fingerprint density at radius 3 is 2.30 bits per heavy atom. The van der Waals surface area contributed by atoms with E-state index >= 15 is 0 Å². The van der Waals surface area contributed by atoms with E-state index in [4.69, 9.17) is 19.8 Å². The number of nitrogens with zero attached hydrogens (tertiary/aromatic N) is 1. The second-order valence-corrected chi connectivity index (χ2v) is 5.55. The number of benzene rings is 1. The van der Waals surface area contributed by atoms with E-state index in [2.05, 4.69) is 22.5 Å². The summed E-state index contributed by atoms with van der Waals surface area (Å²) >= 11 is 0. The van der Waals surface area contributed by atoms with Crippen molar-refractivity contribution in [3.05, 3.63) is 59.4 Å². The Bertz CT molecular complexity index is 766. The zero-order chi connectivity index (χ0) is 20.2. The fourth-order valence-corrected chi connectivity index (χ4v) is 2.19. The molecule has 1 aromatic carbocycles. The molecular formula is C19H23N3O5. The highest BCUT2D eigenvalue weighted by molar-refractivity contribution is 6.27. The fraction of sp³-hybridized carbons (Fsp3) is 0.263. The minimum absolute atomic E-state index is 0.0325. The molecule has 0 atom stereocenters. The lowest BCUT2D eigenvalue weighted by molar-refractivity contribution is -0.159. The largest absolute Gasteiger partial charge is 0.473 e. The maximum absolute atomic E-state index is 12.0. The third-order valence-electron chi connectivity index (χ3n) is 3.51. The van der Waals surface area contributed by atoms with Gasteiger partial charge in [-0.2, -0.15) is 0 Å². The first-order valence-electron chi connectivity index (χ1n) is 8.30. The maximum Gasteiger partial charge on any atom is 0.414 e. The number of hydrogen-bond acceptors (Lipinski definition) is 5. The summed E-state index contributed by atoms with van der Waals surface area (Å²) in [5, 5.41) is 20.9. The first kappa shape index (κ1) is 21.8. The number of pyridine rings is 1. The number of hydrogen-bond donors (Lipinski definition) is 4. The number of rotatable bonds is 6. The van der Waals surface area contributed by atoms with Gasteiger partial charge in [0.15, 0.2) is 0 Å². The van der Waals surface area contributed by atoms with E-state index in [1.807, 2.05) is 43.3 Å². The van der Waals surface area contributed by atoms with Crippen LogP contribution in [0.2, 0.25) is 0 Å². The van der Waals surface area contributed by atoms with Crippen LogP contribution in [0.5, 0.6) is 0 Å². The molecule has 8 heteroatoms. The molecule has 144 valence electrons. The standard InChI is InChI=1S/C17H21N3O.C2H2O4/c1-3-14-8-6-7-13(2)17(14)20-16(21)12-18-11-15-9-4-5-10-19-15;3-1(4)2(5)6/h4-10,18H,3,11-12H2,1-2H3,(H,20,21);(H,3,4)(H,5,6). The van der Waals surface area contributed by atoms with Crippen LogP contribution in [0, 0.1) is 6.92 Å². The van der Waals surface area contributed by atoms with Crippen LogP contribution in [-0.4, -0.2) is 39.6 Å². The van der Waals surface area contributed by atoms with Gasteiger partial charge in [0.25, 0.3) is 0 Å². The summed E-state index contributed by atoms with van der Waals surface area (Å²) in [6, 6.07) is 11.8. The molecule has 0 bridgehead atoms. The molecule has 1 heterocycles. The molecule has 8 nitrogen and oxygen atoms in total. The smallest absolute Gasteiger partial charge is 0.414 e. The summed E-state index contributed by atoms with van der Waals surface area (Å²) in [6.45, 7) is 4.95. The van der Waals surface area contributed by atoms with Gasteiger partial charge in [0.05, 0.1) is 12.2 Å². The number of anilines is 1. The number of aryl methyl sites for hydroxylation is 2. The van der Waals surface area contributed by atoms with Crippen molar-refractivity contribution in [1.29, 1.82) is 0 Å². The van der Waals surface area contributed by atoms with E-state index < -0.39 is 11.9 Å². The number of nitrogens with one attached hydrogen (secondary N) is 2. The van der Waals surface area contributed by atoms with Crippen LogP contribution < -0.4 is 10.6 Å². The van der Waals surface area contributed by atoms with Gasteiger partial charge >= 0.3 is 11.9 Å². The number of aliphatic carboxylic acids is 2. The van der Waals surface area contributed by atoms with Gasteiger partial charge in [-0.3, -0.25) is 9.78 Å². The van der Waals surface area contributed by atoms with E-state index in [1.165, 1.54) is 0 Å². The number of carboxylic acid groups (broad SMARTS) is 2. The summed E-state index contributed by atoms with van der Waals surface area (Å²) in [5.74, 6) is -3.68. The van der Waals surface area contributed by atoms with Gasteiger partial charge in [-0.15, -0.1) is 0 Å². The Labute approximate surface area is 157 Å². The molecule has 0 fully saturated rings. The number of carbonyl (C=O) groups excluding carboxylic acids is 1. The van der Waals surface area contributed by atoms with Crippen LogP contribution in [0.1, 0.15) is 23.7 Å². The van der Waals surface area contributed by atoms with E-state index in [9.17, 15) is 4.79 Å². The Kier molecular flexibility index (Phi) is 9.18. The summed E-state index contributed by atoms with van der Waals surface area (Å²) in [6.07, 6.45) is 2.65. The third-order valence-corrected chi connectivity index (χ3v) is 3.51. The third kappa shape index (κ3) is 8.10. The van der Waals surface area contributed by atoms with Gasteiger partial charge in [0, 0.05) is 18.4 Å². The molecular weight excluding hydrogens is 350 g/mol. The van der Waals surface area contributed by atoms with Crippen molar-refractivity contribution in [3.8, 4) is 0 Å². The van der Waals surface area contributed by atoms with Crippen molar-refractivity contribution in [3.63, 3.8) is 0 Å². The van der Waals surface area contributed by atoms with Crippen LogP contribution in [-0.2, 0) is 27.3 Å². The molecule has 4 N–H and O–H groups in total. The lowest BCUT2D eigenvalue weighted by Crippen LogP contribution is -2.28. The minimum Gasteiger partial charge on any atom is -0.473 e. The molecule has 0 saturated carbocycles. The number of aromatic nitrogens is 1. The number of carbonyl (C=O) groups is 3. The van der Waals surface area contributed by atoms with Gasteiger partial charge in [0.2, 0.25) is 5.91 Å². The molecule has 27 heavy (non-hydrogen) atoms.